The van der Waals surface area contributed by atoms with E-state index in [-0.39, 0.29) is 6.42 Å². The molecule has 4 heteroatoms. The Bertz CT molecular complexity index is 512. The van der Waals surface area contributed by atoms with Crippen LogP contribution in [0.2, 0.25) is 0 Å². The molecular formula is C33H64O4. The Balaban J connectivity index is 4.34. The Labute approximate surface area is 230 Å². The zero-order chi connectivity index (χ0) is 27.8. The van der Waals surface area contributed by atoms with Gasteiger partial charge in [-0.2, -0.15) is 0 Å². The molecule has 0 fully saturated rings. The van der Waals surface area contributed by atoms with Crippen LogP contribution in [0.4, 0.5) is 0 Å². The van der Waals surface area contributed by atoms with E-state index in [1.807, 2.05) is 0 Å². The quantitative estimate of drug-likeness (QED) is 0.0998. The van der Waals surface area contributed by atoms with E-state index in [4.69, 9.17) is 5.11 Å². The van der Waals surface area contributed by atoms with Crippen molar-refractivity contribution in [2.75, 3.05) is 0 Å². The Morgan fingerprint density at radius 3 is 1.08 bits per heavy atom. The van der Waals surface area contributed by atoms with E-state index >= 15 is 0 Å². The van der Waals surface area contributed by atoms with E-state index in [0.717, 1.165) is 50.4 Å². The fraction of sp³-hybridized carbons (Fsp3) is 0.939. The first-order valence-electron chi connectivity index (χ1n) is 16.1. The van der Waals surface area contributed by atoms with Gasteiger partial charge in [-0.25, -0.2) is 0 Å². The van der Waals surface area contributed by atoms with E-state index in [1.165, 1.54) is 89.9 Å². The van der Waals surface area contributed by atoms with Gasteiger partial charge in [0, 0.05) is 6.42 Å². The number of hydrogen-bond acceptors (Lipinski definition) is 2. The van der Waals surface area contributed by atoms with Crippen LogP contribution in [0.3, 0.4) is 0 Å². The Hall–Kier alpha value is -1.06. The summed E-state index contributed by atoms with van der Waals surface area (Å²) in [5.74, 6) is 0.179. The molecule has 0 unspecified atom stereocenters. The normalized spacial score (nSPS) is 12.1. The van der Waals surface area contributed by atoms with Gasteiger partial charge in [-0.3, -0.25) is 9.59 Å². The van der Waals surface area contributed by atoms with Gasteiger partial charge < -0.3 is 10.2 Å². The minimum Gasteiger partial charge on any atom is -0.481 e. The monoisotopic (exact) mass is 524 g/mol. The first-order chi connectivity index (χ1) is 17.7. The Morgan fingerprint density at radius 2 is 0.784 bits per heavy atom. The maximum Gasteiger partial charge on any atom is 0.309 e. The zero-order valence-electron chi connectivity index (χ0n) is 25.3. The van der Waals surface area contributed by atoms with Crippen LogP contribution in [0.1, 0.15) is 182 Å². The summed E-state index contributed by atoms with van der Waals surface area (Å²) >= 11 is 0. The average molecular weight is 525 g/mol. The summed E-state index contributed by atoms with van der Waals surface area (Å²) in [4.78, 5) is 23.4. The summed E-state index contributed by atoms with van der Waals surface area (Å²) in [7, 11) is 0. The molecule has 0 aliphatic rings. The van der Waals surface area contributed by atoms with Gasteiger partial charge in [0.1, 0.15) is 0 Å². The number of carboxylic acid groups (broad SMARTS) is 2. The van der Waals surface area contributed by atoms with Gasteiger partial charge >= 0.3 is 11.9 Å². The molecule has 0 aromatic carbocycles. The minimum absolute atomic E-state index is 0.143. The molecule has 0 aromatic heterocycles. The predicted molar refractivity (Wildman–Crippen MR) is 158 cm³/mol. The first-order valence-corrected chi connectivity index (χ1v) is 16.1. The number of carbonyl (C=O) groups is 2. The molecule has 0 amide bonds. The van der Waals surface area contributed by atoms with Crippen LogP contribution in [-0.4, -0.2) is 22.2 Å². The summed E-state index contributed by atoms with van der Waals surface area (Å²) in [5.41, 5.74) is -0.661. The Morgan fingerprint density at radius 1 is 0.486 bits per heavy atom. The van der Waals surface area contributed by atoms with Crippen molar-refractivity contribution in [1.82, 2.24) is 0 Å². The highest BCUT2D eigenvalue weighted by molar-refractivity contribution is 5.74. The molecule has 0 saturated heterocycles. The molecule has 4 nitrogen and oxygen atoms in total. The molecule has 0 atom stereocenters. The van der Waals surface area contributed by atoms with Crippen molar-refractivity contribution >= 4 is 11.9 Å². The van der Waals surface area contributed by atoms with Gasteiger partial charge in [-0.1, -0.05) is 150 Å². The first kappa shape index (κ1) is 35.9. The lowest BCUT2D eigenvalue weighted by atomic mass is 9.74. The molecule has 0 radical (unpaired) electrons. The number of hydrogen-bond donors (Lipinski definition) is 2. The molecule has 0 spiro atoms. The summed E-state index contributed by atoms with van der Waals surface area (Å²) in [6, 6.07) is 0. The second kappa shape index (κ2) is 24.0. The van der Waals surface area contributed by atoms with Crippen LogP contribution in [0.5, 0.6) is 0 Å². The largest absolute Gasteiger partial charge is 0.481 e. The van der Waals surface area contributed by atoms with Crippen LogP contribution in [-0.2, 0) is 9.59 Å². The lowest BCUT2D eigenvalue weighted by Gasteiger charge is -2.30. The third kappa shape index (κ3) is 22.6. The number of unbranched alkanes of at least 4 members (excludes halogenated alkanes) is 15. The molecule has 0 aliphatic heterocycles. The third-order valence-electron chi connectivity index (χ3n) is 8.12. The van der Waals surface area contributed by atoms with Gasteiger partial charge in [0.25, 0.3) is 0 Å². The van der Waals surface area contributed by atoms with Crippen LogP contribution in [0.25, 0.3) is 0 Å². The molecule has 220 valence electrons. The van der Waals surface area contributed by atoms with Crippen molar-refractivity contribution in [1.29, 1.82) is 0 Å². The standard InChI is InChI=1S/C33H64O4/c1-29(2)23-17-13-9-5-7-11-15-20-26-33(32(36)37,28-22-19-25-31(34)35)27-21-16-12-8-6-10-14-18-24-30(3)4/h29-30H,5-28H2,1-4H3,(H,34,35)(H,36,37). The molecular weight excluding hydrogens is 460 g/mol. The van der Waals surface area contributed by atoms with E-state index in [0.29, 0.717) is 19.3 Å². The maximum atomic E-state index is 12.5. The van der Waals surface area contributed by atoms with Gasteiger partial charge in [0.2, 0.25) is 0 Å². The van der Waals surface area contributed by atoms with Crippen molar-refractivity contribution in [3.05, 3.63) is 0 Å². The van der Waals surface area contributed by atoms with Crippen molar-refractivity contribution in [3.63, 3.8) is 0 Å². The zero-order valence-corrected chi connectivity index (χ0v) is 25.3. The fourth-order valence-electron chi connectivity index (χ4n) is 5.59. The SMILES string of the molecule is CC(C)CCCCCCCCCCC(CCCCCCCCCCC(C)C)(CCCCC(=O)O)C(=O)O. The van der Waals surface area contributed by atoms with Crippen LogP contribution in [0, 0.1) is 17.3 Å². The predicted octanol–water partition coefficient (Wildman–Crippen LogP) is 10.8. The highest BCUT2D eigenvalue weighted by Crippen LogP contribution is 2.38. The number of carboxylic acids is 2. The van der Waals surface area contributed by atoms with E-state index in [2.05, 4.69) is 27.7 Å². The highest BCUT2D eigenvalue weighted by atomic mass is 16.4. The lowest BCUT2D eigenvalue weighted by Crippen LogP contribution is -2.31. The average Bonchev–Trinajstić information content (AvgIpc) is 2.82. The lowest BCUT2D eigenvalue weighted by molar-refractivity contribution is -0.150. The van der Waals surface area contributed by atoms with Crippen molar-refractivity contribution in [2.24, 2.45) is 17.3 Å². The van der Waals surface area contributed by atoms with E-state index in [9.17, 15) is 14.7 Å². The van der Waals surface area contributed by atoms with E-state index in [1.54, 1.807) is 0 Å². The molecule has 0 heterocycles. The third-order valence-corrected chi connectivity index (χ3v) is 8.12. The molecule has 0 saturated carbocycles. The molecule has 2 N–H and O–H groups in total. The number of rotatable bonds is 28. The number of aliphatic carboxylic acids is 2. The molecule has 0 aromatic rings. The summed E-state index contributed by atoms with van der Waals surface area (Å²) in [6.45, 7) is 9.17. The van der Waals surface area contributed by atoms with Crippen molar-refractivity contribution in [2.45, 2.75) is 182 Å². The van der Waals surface area contributed by atoms with Crippen molar-refractivity contribution in [3.8, 4) is 0 Å². The molecule has 0 aliphatic carbocycles. The maximum absolute atomic E-state index is 12.5. The van der Waals surface area contributed by atoms with Gasteiger partial charge in [-0.15, -0.1) is 0 Å². The molecule has 0 rings (SSSR count). The van der Waals surface area contributed by atoms with Gasteiger partial charge in [0.05, 0.1) is 5.41 Å². The van der Waals surface area contributed by atoms with Crippen LogP contribution >= 0.6 is 0 Å². The van der Waals surface area contributed by atoms with Crippen LogP contribution in [0.15, 0.2) is 0 Å². The molecule has 0 bridgehead atoms. The summed E-state index contributed by atoms with van der Waals surface area (Å²) in [6.07, 6.45) is 26.0. The fourth-order valence-corrected chi connectivity index (χ4v) is 5.59. The minimum atomic E-state index is -0.783. The summed E-state index contributed by atoms with van der Waals surface area (Å²) < 4.78 is 0. The smallest absolute Gasteiger partial charge is 0.309 e. The van der Waals surface area contributed by atoms with Crippen LogP contribution < -0.4 is 0 Å². The van der Waals surface area contributed by atoms with Crippen molar-refractivity contribution < 1.29 is 19.8 Å². The molecule has 37 heavy (non-hydrogen) atoms. The second-order valence-electron chi connectivity index (χ2n) is 12.7. The van der Waals surface area contributed by atoms with Gasteiger partial charge in [-0.05, 0) is 37.5 Å². The second-order valence-corrected chi connectivity index (χ2v) is 12.7. The topological polar surface area (TPSA) is 74.6 Å². The Kier molecular flexibility index (Phi) is 23.3. The summed E-state index contributed by atoms with van der Waals surface area (Å²) in [5, 5.41) is 19.2. The van der Waals surface area contributed by atoms with E-state index < -0.39 is 17.4 Å². The van der Waals surface area contributed by atoms with Gasteiger partial charge in [0.15, 0.2) is 0 Å². The highest BCUT2D eigenvalue weighted by Gasteiger charge is 2.36.